The van der Waals surface area contributed by atoms with E-state index in [-0.39, 0.29) is 24.4 Å². The Morgan fingerprint density at radius 2 is 1.94 bits per heavy atom. The van der Waals surface area contributed by atoms with Crippen LogP contribution >= 0.6 is 0 Å². The number of ether oxygens (including phenoxy) is 1. The first kappa shape index (κ1) is 20.7. The van der Waals surface area contributed by atoms with Gasteiger partial charge in [0.05, 0.1) is 30.4 Å². The SMILES string of the molecule is O=C(CCn1cnc2ccccc2c1=O)NCCNc1cc(N2CCOCC2)ncn1. The quantitative estimate of drug-likeness (QED) is 0.508. The molecule has 4 rings (SSSR count). The number of morpholine rings is 1. The van der Waals surface area contributed by atoms with Crippen LogP contribution in [0, 0.1) is 0 Å². The van der Waals surface area contributed by atoms with Crippen molar-refractivity contribution in [3.63, 3.8) is 0 Å². The van der Waals surface area contributed by atoms with Gasteiger partial charge in [-0.05, 0) is 12.1 Å². The molecule has 1 aliphatic heterocycles. The van der Waals surface area contributed by atoms with Gasteiger partial charge in [0.1, 0.15) is 18.0 Å². The zero-order valence-corrected chi connectivity index (χ0v) is 17.2. The van der Waals surface area contributed by atoms with Crippen LogP contribution in [-0.2, 0) is 16.1 Å². The van der Waals surface area contributed by atoms with E-state index in [2.05, 4.69) is 30.5 Å². The number of anilines is 2. The van der Waals surface area contributed by atoms with E-state index in [1.54, 1.807) is 18.2 Å². The third-order valence-corrected chi connectivity index (χ3v) is 5.05. The first-order valence-corrected chi connectivity index (χ1v) is 10.3. The van der Waals surface area contributed by atoms with Crippen LogP contribution in [0.15, 0.2) is 47.8 Å². The number of hydrogen-bond donors (Lipinski definition) is 2. The van der Waals surface area contributed by atoms with Crippen molar-refractivity contribution in [3.8, 4) is 0 Å². The maximum atomic E-state index is 12.5. The van der Waals surface area contributed by atoms with Crippen LogP contribution in [0.4, 0.5) is 11.6 Å². The van der Waals surface area contributed by atoms with Crippen LogP contribution < -0.4 is 21.1 Å². The van der Waals surface area contributed by atoms with Gasteiger partial charge in [0.25, 0.3) is 5.56 Å². The van der Waals surface area contributed by atoms with E-state index >= 15 is 0 Å². The van der Waals surface area contributed by atoms with E-state index in [9.17, 15) is 9.59 Å². The summed E-state index contributed by atoms with van der Waals surface area (Å²) in [5.41, 5.74) is 0.515. The summed E-state index contributed by atoms with van der Waals surface area (Å²) in [6.45, 7) is 4.26. The summed E-state index contributed by atoms with van der Waals surface area (Å²) in [7, 11) is 0. The number of aromatic nitrogens is 4. The highest BCUT2D eigenvalue weighted by molar-refractivity contribution is 5.77. The minimum Gasteiger partial charge on any atom is -0.378 e. The van der Waals surface area contributed by atoms with Crippen molar-refractivity contribution < 1.29 is 9.53 Å². The number of nitrogens with zero attached hydrogens (tertiary/aromatic N) is 5. The zero-order chi connectivity index (χ0) is 21.5. The Balaban J connectivity index is 1.21. The molecule has 0 atom stereocenters. The maximum Gasteiger partial charge on any atom is 0.261 e. The molecule has 0 unspecified atom stereocenters. The van der Waals surface area contributed by atoms with E-state index in [0.29, 0.717) is 43.0 Å². The molecule has 3 aromatic rings. The summed E-state index contributed by atoms with van der Waals surface area (Å²) in [6.07, 6.45) is 3.22. The van der Waals surface area contributed by atoms with Crippen LogP contribution in [0.3, 0.4) is 0 Å². The van der Waals surface area contributed by atoms with Crippen molar-refractivity contribution in [2.45, 2.75) is 13.0 Å². The van der Waals surface area contributed by atoms with E-state index in [1.165, 1.54) is 17.2 Å². The standard InChI is InChI=1S/C21H25N7O3/c29-20(5-8-28-15-26-17-4-2-1-3-16(17)21(28)30)23-7-6-22-18-13-19(25-14-24-18)27-9-11-31-12-10-27/h1-4,13-15H,5-12H2,(H,23,29)(H,22,24,25). The number of carbonyl (C=O) groups is 1. The summed E-state index contributed by atoms with van der Waals surface area (Å²) in [5.74, 6) is 1.44. The summed E-state index contributed by atoms with van der Waals surface area (Å²) in [6, 6.07) is 9.07. The van der Waals surface area contributed by atoms with E-state index in [0.717, 1.165) is 18.9 Å². The van der Waals surface area contributed by atoms with E-state index < -0.39 is 0 Å². The van der Waals surface area contributed by atoms with Crippen molar-refractivity contribution in [1.82, 2.24) is 24.8 Å². The van der Waals surface area contributed by atoms with Crippen molar-refractivity contribution >= 4 is 28.4 Å². The second kappa shape index (κ2) is 9.98. The average Bonchev–Trinajstić information content (AvgIpc) is 2.82. The van der Waals surface area contributed by atoms with Crippen LogP contribution in [0.25, 0.3) is 10.9 Å². The first-order valence-electron chi connectivity index (χ1n) is 10.3. The molecule has 2 N–H and O–H groups in total. The van der Waals surface area contributed by atoms with Gasteiger partial charge in [0, 0.05) is 45.2 Å². The number of hydrogen-bond acceptors (Lipinski definition) is 8. The fraction of sp³-hybridized carbons (Fsp3) is 0.381. The van der Waals surface area contributed by atoms with E-state index in [1.807, 2.05) is 12.1 Å². The summed E-state index contributed by atoms with van der Waals surface area (Å²) in [4.78, 5) is 39.6. The Bertz CT molecular complexity index is 1100. The van der Waals surface area contributed by atoms with E-state index in [4.69, 9.17) is 4.74 Å². The van der Waals surface area contributed by atoms with Crippen molar-refractivity contribution in [3.05, 3.63) is 53.3 Å². The number of fused-ring (bicyclic) bond motifs is 1. The lowest BCUT2D eigenvalue weighted by Crippen LogP contribution is -2.36. The average molecular weight is 423 g/mol. The van der Waals surface area contributed by atoms with Gasteiger partial charge >= 0.3 is 0 Å². The number of carbonyl (C=O) groups excluding carboxylic acids is 1. The minimum atomic E-state index is -0.139. The Labute approximate surface area is 179 Å². The normalized spacial score (nSPS) is 13.9. The molecule has 0 spiro atoms. The van der Waals surface area contributed by atoms with Crippen molar-refractivity contribution in [2.24, 2.45) is 0 Å². The number of rotatable bonds is 8. The maximum absolute atomic E-state index is 12.5. The predicted octanol–water partition coefficient (Wildman–Crippen LogP) is 0.642. The lowest BCUT2D eigenvalue weighted by Gasteiger charge is -2.27. The molecule has 0 aliphatic carbocycles. The van der Waals surface area contributed by atoms with Gasteiger partial charge in [-0.2, -0.15) is 0 Å². The number of amides is 1. The van der Waals surface area contributed by atoms with Crippen molar-refractivity contribution in [1.29, 1.82) is 0 Å². The Morgan fingerprint density at radius 1 is 1.10 bits per heavy atom. The summed E-state index contributed by atoms with van der Waals surface area (Å²) in [5, 5.41) is 6.60. The number of para-hydroxylation sites is 1. The molecule has 0 bridgehead atoms. The van der Waals surface area contributed by atoms with Gasteiger partial charge < -0.3 is 20.3 Å². The molecule has 1 amide bonds. The lowest BCUT2D eigenvalue weighted by atomic mass is 10.2. The van der Waals surface area contributed by atoms with Crippen LogP contribution in [-0.4, -0.2) is 64.8 Å². The van der Waals surface area contributed by atoms with Crippen LogP contribution in [0.1, 0.15) is 6.42 Å². The molecule has 1 saturated heterocycles. The number of benzene rings is 1. The Morgan fingerprint density at radius 3 is 2.81 bits per heavy atom. The smallest absolute Gasteiger partial charge is 0.261 e. The number of aryl methyl sites for hydroxylation is 1. The molecule has 3 heterocycles. The van der Waals surface area contributed by atoms with Gasteiger partial charge in [-0.3, -0.25) is 14.2 Å². The molecular weight excluding hydrogens is 398 g/mol. The molecular formula is C21H25N7O3. The molecule has 1 aliphatic rings. The predicted molar refractivity (Wildman–Crippen MR) is 117 cm³/mol. The lowest BCUT2D eigenvalue weighted by molar-refractivity contribution is -0.121. The highest BCUT2D eigenvalue weighted by atomic mass is 16.5. The molecule has 10 heteroatoms. The van der Waals surface area contributed by atoms with Gasteiger partial charge in [-0.1, -0.05) is 12.1 Å². The highest BCUT2D eigenvalue weighted by Crippen LogP contribution is 2.15. The Hall–Kier alpha value is -3.53. The number of nitrogens with one attached hydrogen (secondary N) is 2. The second-order valence-corrected chi connectivity index (χ2v) is 7.15. The monoisotopic (exact) mass is 423 g/mol. The molecule has 162 valence electrons. The molecule has 10 nitrogen and oxygen atoms in total. The topological polar surface area (TPSA) is 114 Å². The van der Waals surface area contributed by atoms with Gasteiger partial charge in [0.15, 0.2) is 0 Å². The summed E-state index contributed by atoms with van der Waals surface area (Å²) >= 11 is 0. The van der Waals surface area contributed by atoms with Gasteiger partial charge in [-0.25, -0.2) is 15.0 Å². The third kappa shape index (κ3) is 5.34. The van der Waals surface area contributed by atoms with Crippen LogP contribution in [0.5, 0.6) is 0 Å². The van der Waals surface area contributed by atoms with Gasteiger partial charge in [-0.15, -0.1) is 0 Å². The first-order chi connectivity index (χ1) is 15.2. The summed E-state index contributed by atoms with van der Waals surface area (Å²) < 4.78 is 6.83. The zero-order valence-electron chi connectivity index (χ0n) is 17.2. The Kier molecular flexibility index (Phi) is 6.68. The van der Waals surface area contributed by atoms with Crippen molar-refractivity contribution in [2.75, 3.05) is 49.6 Å². The molecule has 31 heavy (non-hydrogen) atoms. The largest absolute Gasteiger partial charge is 0.378 e. The minimum absolute atomic E-state index is 0.126. The van der Waals surface area contributed by atoms with Gasteiger partial charge in [0.2, 0.25) is 5.91 Å². The second-order valence-electron chi connectivity index (χ2n) is 7.15. The fourth-order valence-electron chi connectivity index (χ4n) is 3.38. The molecule has 0 radical (unpaired) electrons. The molecule has 1 fully saturated rings. The molecule has 0 saturated carbocycles. The highest BCUT2D eigenvalue weighted by Gasteiger charge is 2.13. The molecule has 1 aromatic carbocycles. The van der Waals surface area contributed by atoms with Crippen LogP contribution in [0.2, 0.25) is 0 Å². The fourth-order valence-corrected chi connectivity index (χ4v) is 3.38. The third-order valence-electron chi connectivity index (χ3n) is 5.05. The molecule has 2 aromatic heterocycles.